The maximum Gasteiger partial charge on any atom is 0.337 e. The number of ketones is 1. The molecule has 7 heteroatoms. The molecule has 36 heavy (non-hydrogen) atoms. The fourth-order valence-corrected chi connectivity index (χ4v) is 6.63. The minimum absolute atomic E-state index is 0.0103. The highest BCUT2D eigenvalue weighted by atomic mass is 32.1. The van der Waals surface area contributed by atoms with Crippen LogP contribution in [0.2, 0.25) is 0 Å². The van der Waals surface area contributed by atoms with Crippen LogP contribution in [0.3, 0.4) is 0 Å². The average molecular weight is 508 g/mol. The summed E-state index contributed by atoms with van der Waals surface area (Å²) in [6.45, 7) is 1.92. The van der Waals surface area contributed by atoms with Crippen LogP contribution in [0, 0.1) is 0 Å². The number of dihydropyridines is 1. The van der Waals surface area contributed by atoms with E-state index >= 15 is 0 Å². The van der Waals surface area contributed by atoms with Gasteiger partial charge < -0.3 is 19.5 Å². The number of hydrogen-bond donors (Lipinski definition) is 1. The van der Waals surface area contributed by atoms with Gasteiger partial charge in [-0.3, -0.25) is 4.79 Å². The zero-order valence-electron chi connectivity index (χ0n) is 21.1. The van der Waals surface area contributed by atoms with Crippen LogP contribution < -0.4 is 14.8 Å². The zero-order valence-corrected chi connectivity index (χ0v) is 21.9. The second-order valence-corrected chi connectivity index (χ2v) is 10.8. The van der Waals surface area contributed by atoms with Crippen molar-refractivity contribution in [2.75, 3.05) is 14.2 Å². The first-order chi connectivity index (χ1) is 17.5. The number of benzene rings is 1. The van der Waals surface area contributed by atoms with Crippen molar-refractivity contribution in [3.8, 4) is 11.5 Å². The molecule has 6 nitrogen and oxygen atoms in total. The Morgan fingerprint density at radius 2 is 1.81 bits per heavy atom. The van der Waals surface area contributed by atoms with Crippen molar-refractivity contribution in [3.05, 3.63) is 68.7 Å². The third kappa shape index (κ3) is 4.69. The second kappa shape index (κ2) is 10.5. The Kier molecular flexibility index (Phi) is 7.19. The molecular formula is C29H33NO5S. The molecule has 1 saturated carbocycles. The van der Waals surface area contributed by atoms with Crippen LogP contribution in [-0.2, 0) is 14.3 Å². The molecule has 1 fully saturated rings. The number of ether oxygens (including phenoxy) is 3. The first-order valence-electron chi connectivity index (χ1n) is 12.7. The van der Waals surface area contributed by atoms with Crippen molar-refractivity contribution in [2.24, 2.45) is 0 Å². The summed E-state index contributed by atoms with van der Waals surface area (Å²) in [5, 5.41) is 5.44. The van der Waals surface area contributed by atoms with Crippen LogP contribution in [0.25, 0.3) is 0 Å². The Hall–Kier alpha value is -3.06. The van der Waals surface area contributed by atoms with E-state index < -0.39 is 5.92 Å². The van der Waals surface area contributed by atoms with E-state index in [1.807, 2.05) is 42.6 Å². The third-order valence-electron chi connectivity index (χ3n) is 7.58. The summed E-state index contributed by atoms with van der Waals surface area (Å²) in [5.41, 5.74) is 3.98. The van der Waals surface area contributed by atoms with Gasteiger partial charge in [-0.05, 0) is 74.1 Å². The predicted octanol–water partition coefficient (Wildman–Crippen LogP) is 6.00. The zero-order chi connectivity index (χ0) is 25.2. The Bertz CT molecular complexity index is 1210. The Balaban J connectivity index is 1.47. The van der Waals surface area contributed by atoms with Gasteiger partial charge in [0.2, 0.25) is 0 Å². The van der Waals surface area contributed by atoms with E-state index in [1.165, 1.54) is 6.42 Å². The number of Topliss-reactive ketones (excluding diaryl/α,β-unsaturated/α-hetero) is 1. The molecule has 0 spiro atoms. The number of carbonyl (C=O) groups excluding carboxylic acids is 2. The molecule has 1 aromatic heterocycles. The standard InChI is InChI=1S/C29H33NO5S/c1-17-26(29(32)35-20-8-5-4-6-9-20)28(25-10-7-13-36-25)27-21(30-17)14-19(15-22(27)31)18-11-12-23(33-2)24(16-18)34-3/h7,10-13,16,19-20,28,30H,4-6,8-9,14-15H2,1-3H3/t19-,28-/m1/s1. The van der Waals surface area contributed by atoms with E-state index in [9.17, 15) is 9.59 Å². The first-order valence-corrected chi connectivity index (χ1v) is 13.6. The normalized spacial score (nSPS) is 22.7. The van der Waals surface area contributed by atoms with Crippen molar-refractivity contribution in [3.63, 3.8) is 0 Å². The summed E-state index contributed by atoms with van der Waals surface area (Å²) >= 11 is 1.58. The minimum Gasteiger partial charge on any atom is -0.493 e. The molecule has 2 heterocycles. The van der Waals surface area contributed by atoms with Crippen LogP contribution in [0.1, 0.15) is 74.1 Å². The van der Waals surface area contributed by atoms with Crippen LogP contribution in [-0.4, -0.2) is 32.1 Å². The van der Waals surface area contributed by atoms with E-state index in [-0.39, 0.29) is 23.8 Å². The number of nitrogens with one attached hydrogen (secondary N) is 1. The fourth-order valence-electron chi connectivity index (χ4n) is 5.79. The Labute approximate surface area is 216 Å². The molecule has 0 radical (unpaired) electrons. The van der Waals surface area contributed by atoms with Gasteiger partial charge in [0.15, 0.2) is 17.3 Å². The van der Waals surface area contributed by atoms with Gasteiger partial charge in [-0.1, -0.05) is 18.6 Å². The van der Waals surface area contributed by atoms with Crippen molar-refractivity contribution >= 4 is 23.1 Å². The Morgan fingerprint density at radius 3 is 2.50 bits per heavy atom. The molecule has 2 atom stereocenters. The molecule has 1 N–H and O–H groups in total. The van der Waals surface area contributed by atoms with E-state index in [0.29, 0.717) is 35.5 Å². The van der Waals surface area contributed by atoms with Gasteiger partial charge in [0.25, 0.3) is 0 Å². The van der Waals surface area contributed by atoms with E-state index in [0.717, 1.165) is 47.5 Å². The number of thiophene rings is 1. The topological polar surface area (TPSA) is 73.9 Å². The summed E-state index contributed by atoms with van der Waals surface area (Å²) in [4.78, 5) is 28.2. The number of rotatable bonds is 6. The monoisotopic (exact) mass is 507 g/mol. The minimum atomic E-state index is -0.392. The second-order valence-electron chi connectivity index (χ2n) is 9.81. The largest absolute Gasteiger partial charge is 0.493 e. The highest BCUT2D eigenvalue weighted by molar-refractivity contribution is 7.10. The molecule has 3 aliphatic rings. The predicted molar refractivity (Wildman–Crippen MR) is 139 cm³/mol. The lowest BCUT2D eigenvalue weighted by atomic mass is 9.73. The Morgan fingerprint density at radius 1 is 1.03 bits per heavy atom. The molecular weight excluding hydrogens is 474 g/mol. The lowest BCUT2D eigenvalue weighted by Crippen LogP contribution is -2.36. The molecule has 1 aliphatic heterocycles. The van der Waals surface area contributed by atoms with Crippen molar-refractivity contribution in [1.82, 2.24) is 5.32 Å². The lowest BCUT2D eigenvalue weighted by molar-refractivity contribution is -0.146. The van der Waals surface area contributed by atoms with Crippen molar-refractivity contribution < 1.29 is 23.8 Å². The molecule has 2 aromatic rings. The van der Waals surface area contributed by atoms with Crippen molar-refractivity contribution in [2.45, 2.75) is 69.8 Å². The van der Waals surface area contributed by atoms with Gasteiger partial charge in [0.05, 0.1) is 25.7 Å². The van der Waals surface area contributed by atoms with E-state index in [1.54, 1.807) is 25.6 Å². The summed E-state index contributed by atoms with van der Waals surface area (Å²) in [6.07, 6.45) is 6.22. The number of hydrogen-bond acceptors (Lipinski definition) is 7. The number of methoxy groups -OCH3 is 2. The quantitative estimate of drug-likeness (QED) is 0.483. The molecule has 1 aromatic carbocycles. The molecule has 5 rings (SSSR count). The maximum atomic E-state index is 13.7. The molecule has 2 aliphatic carbocycles. The summed E-state index contributed by atoms with van der Waals surface area (Å²) < 4.78 is 16.9. The molecule has 0 saturated heterocycles. The van der Waals surface area contributed by atoms with Crippen LogP contribution >= 0.6 is 11.3 Å². The van der Waals surface area contributed by atoms with Gasteiger partial charge in [0.1, 0.15) is 6.10 Å². The summed E-state index contributed by atoms with van der Waals surface area (Å²) in [5.74, 6) is 0.701. The first kappa shape index (κ1) is 24.6. The van der Waals surface area contributed by atoms with Gasteiger partial charge >= 0.3 is 5.97 Å². The van der Waals surface area contributed by atoms with Gasteiger partial charge in [-0.2, -0.15) is 0 Å². The van der Waals surface area contributed by atoms with Crippen LogP contribution in [0.15, 0.2) is 58.3 Å². The highest BCUT2D eigenvalue weighted by Crippen LogP contribution is 2.47. The molecule has 0 bridgehead atoms. The number of esters is 1. The molecule has 190 valence electrons. The SMILES string of the molecule is COc1ccc([C@H]2CC(=O)C3=C(C2)NC(C)=C(C(=O)OC2CCCCC2)[C@H]3c2cccs2)cc1OC. The third-order valence-corrected chi connectivity index (χ3v) is 8.52. The van der Waals surface area contributed by atoms with Crippen molar-refractivity contribution in [1.29, 1.82) is 0 Å². The van der Waals surface area contributed by atoms with Gasteiger partial charge in [-0.15, -0.1) is 11.3 Å². The summed E-state index contributed by atoms with van der Waals surface area (Å²) in [7, 11) is 3.23. The lowest BCUT2D eigenvalue weighted by Gasteiger charge is -2.36. The molecule has 0 amide bonds. The number of allylic oxidation sites excluding steroid dienone is 3. The van der Waals surface area contributed by atoms with Gasteiger partial charge in [-0.25, -0.2) is 4.79 Å². The number of carbonyl (C=O) groups is 2. The van der Waals surface area contributed by atoms with Crippen LogP contribution in [0.5, 0.6) is 11.5 Å². The van der Waals surface area contributed by atoms with Gasteiger partial charge in [0, 0.05) is 28.3 Å². The van der Waals surface area contributed by atoms with E-state index in [2.05, 4.69) is 5.32 Å². The van der Waals surface area contributed by atoms with Crippen LogP contribution in [0.4, 0.5) is 0 Å². The summed E-state index contributed by atoms with van der Waals surface area (Å²) in [6, 6.07) is 9.83. The smallest absolute Gasteiger partial charge is 0.337 e. The van der Waals surface area contributed by atoms with E-state index in [4.69, 9.17) is 14.2 Å². The molecule has 0 unspecified atom stereocenters. The average Bonchev–Trinajstić information content (AvgIpc) is 3.42. The maximum absolute atomic E-state index is 13.7. The fraction of sp³-hybridized carbons (Fsp3) is 0.448. The highest BCUT2D eigenvalue weighted by Gasteiger charge is 2.42.